The Hall–Kier alpha value is -0.870. The fourth-order valence-electron chi connectivity index (χ4n) is 1.96. The summed E-state index contributed by atoms with van der Waals surface area (Å²) < 4.78 is 0. The molecule has 0 aliphatic carbocycles. The molecule has 1 atom stereocenters. The molecule has 0 spiro atoms. The van der Waals surface area contributed by atoms with Gasteiger partial charge in [-0.2, -0.15) is 0 Å². The van der Waals surface area contributed by atoms with Crippen molar-refractivity contribution in [2.75, 3.05) is 7.05 Å². The summed E-state index contributed by atoms with van der Waals surface area (Å²) in [6.07, 6.45) is 1.30. The zero-order chi connectivity index (χ0) is 13.8. The quantitative estimate of drug-likeness (QED) is 0.892. The van der Waals surface area contributed by atoms with Crippen molar-refractivity contribution in [2.45, 2.75) is 46.2 Å². The Morgan fingerprint density at radius 3 is 2.67 bits per heavy atom. The highest BCUT2D eigenvalue weighted by molar-refractivity contribution is 7.09. The molecule has 1 amide bonds. The first kappa shape index (κ1) is 15.2. The van der Waals surface area contributed by atoms with Crippen LogP contribution < -0.4 is 5.73 Å². The van der Waals surface area contributed by atoms with Crippen LogP contribution in [0, 0.1) is 5.41 Å². The molecular formula is C14H24N2OS. The maximum absolute atomic E-state index is 12.0. The predicted octanol–water partition coefficient (Wildman–Crippen LogP) is 2.86. The topological polar surface area (TPSA) is 46.3 Å². The summed E-state index contributed by atoms with van der Waals surface area (Å²) in [7, 11) is 1.84. The highest BCUT2D eigenvalue weighted by Gasteiger charge is 2.19. The lowest BCUT2D eigenvalue weighted by atomic mass is 9.87. The number of carbonyl (C=O) groups excluding carboxylic acids is 1. The molecule has 0 saturated carbocycles. The number of nitrogens with zero attached hydrogens (tertiary/aromatic N) is 1. The molecule has 102 valence electrons. The van der Waals surface area contributed by atoms with Crippen LogP contribution in [0.2, 0.25) is 0 Å². The zero-order valence-electron chi connectivity index (χ0n) is 11.8. The Morgan fingerprint density at radius 2 is 2.17 bits per heavy atom. The zero-order valence-corrected chi connectivity index (χ0v) is 12.6. The van der Waals surface area contributed by atoms with E-state index in [1.807, 2.05) is 24.6 Å². The molecular weight excluding hydrogens is 244 g/mol. The number of rotatable bonds is 5. The van der Waals surface area contributed by atoms with Crippen molar-refractivity contribution >= 4 is 17.2 Å². The van der Waals surface area contributed by atoms with Crippen LogP contribution in [0.15, 0.2) is 17.5 Å². The average Bonchev–Trinajstić information content (AvgIpc) is 2.66. The molecule has 0 aliphatic rings. The van der Waals surface area contributed by atoms with Crippen LogP contribution in [-0.2, 0) is 11.3 Å². The van der Waals surface area contributed by atoms with Gasteiger partial charge in [-0.25, -0.2) is 0 Å². The SMILES string of the molecule is CN(Cc1cccs1)C(=O)CC(N)CC(C)(C)C. The Labute approximate surface area is 114 Å². The van der Waals surface area contributed by atoms with Crippen molar-refractivity contribution in [1.82, 2.24) is 4.90 Å². The second-order valence-corrected chi connectivity index (χ2v) is 7.09. The molecule has 0 aromatic carbocycles. The predicted molar refractivity (Wildman–Crippen MR) is 77.5 cm³/mol. The lowest BCUT2D eigenvalue weighted by Crippen LogP contribution is -2.35. The maximum Gasteiger partial charge on any atom is 0.224 e. The van der Waals surface area contributed by atoms with Crippen LogP contribution in [0.5, 0.6) is 0 Å². The largest absolute Gasteiger partial charge is 0.341 e. The molecule has 1 aromatic rings. The van der Waals surface area contributed by atoms with E-state index in [1.165, 1.54) is 4.88 Å². The normalized spacial score (nSPS) is 13.4. The Balaban J connectivity index is 2.40. The summed E-state index contributed by atoms with van der Waals surface area (Å²) in [6.45, 7) is 7.12. The monoisotopic (exact) mass is 268 g/mol. The standard InChI is InChI=1S/C14H24N2OS/c1-14(2,3)9-11(15)8-13(17)16(4)10-12-6-5-7-18-12/h5-7,11H,8-10,15H2,1-4H3. The van der Waals surface area contributed by atoms with Gasteiger partial charge < -0.3 is 10.6 Å². The van der Waals surface area contributed by atoms with Gasteiger partial charge in [-0.1, -0.05) is 26.8 Å². The summed E-state index contributed by atoms with van der Waals surface area (Å²) >= 11 is 1.67. The minimum atomic E-state index is -0.0525. The molecule has 4 heteroatoms. The molecule has 1 heterocycles. The molecule has 0 bridgehead atoms. The number of nitrogens with two attached hydrogens (primary N) is 1. The van der Waals surface area contributed by atoms with Crippen LogP contribution in [-0.4, -0.2) is 23.9 Å². The molecule has 0 aliphatic heterocycles. The van der Waals surface area contributed by atoms with Gasteiger partial charge in [-0.3, -0.25) is 4.79 Å². The van der Waals surface area contributed by atoms with E-state index in [2.05, 4.69) is 20.8 Å². The number of carbonyl (C=O) groups is 1. The maximum atomic E-state index is 12.0. The van der Waals surface area contributed by atoms with Crippen LogP contribution in [0.4, 0.5) is 0 Å². The van der Waals surface area contributed by atoms with E-state index in [4.69, 9.17) is 5.73 Å². The number of amides is 1. The summed E-state index contributed by atoms with van der Waals surface area (Å²) in [4.78, 5) is 15.0. The van der Waals surface area contributed by atoms with Crippen LogP contribution in [0.1, 0.15) is 38.5 Å². The molecule has 1 rings (SSSR count). The first-order chi connectivity index (χ1) is 8.28. The smallest absolute Gasteiger partial charge is 0.224 e. The van der Waals surface area contributed by atoms with Crippen LogP contribution in [0.25, 0.3) is 0 Å². The van der Waals surface area contributed by atoms with E-state index in [0.29, 0.717) is 13.0 Å². The van der Waals surface area contributed by atoms with Gasteiger partial charge in [-0.05, 0) is 23.3 Å². The van der Waals surface area contributed by atoms with E-state index in [0.717, 1.165) is 6.42 Å². The number of hydrogen-bond donors (Lipinski definition) is 1. The van der Waals surface area contributed by atoms with Gasteiger partial charge in [0.15, 0.2) is 0 Å². The average molecular weight is 268 g/mol. The van der Waals surface area contributed by atoms with E-state index < -0.39 is 0 Å². The lowest BCUT2D eigenvalue weighted by molar-refractivity contribution is -0.130. The van der Waals surface area contributed by atoms with Gasteiger partial charge in [0, 0.05) is 24.4 Å². The molecule has 1 aromatic heterocycles. The van der Waals surface area contributed by atoms with Gasteiger partial charge in [0.05, 0.1) is 6.54 Å². The van der Waals surface area contributed by atoms with E-state index in [1.54, 1.807) is 16.2 Å². The summed E-state index contributed by atoms with van der Waals surface area (Å²) in [6, 6.07) is 4.00. The van der Waals surface area contributed by atoms with Crippen molar-refractivity contribution in [3.05, 3.63) is 22.4 Å². The summed E-state index contributed by atoms with van der Waals surface area (Å²) in [5, 5.41) is 2.03. The minimum absolute atomic E-state index is 0.0525. The van der Waals surface area contributed by atoms with Gasteiger partial charge in [0.25, 0.3) is 0 Å². The Morgan fingerprint density at radius 1 is 1.50 bits per heavy atom. The number of hydrogen-bond acceptors (Lipinski definition) is 3. The fraction of sp³-hybridized carbons (Fsp3) is 0.643. The highest BCUT2D eigenvalue weighted by Crippen LogP contribution is 2.21. The van der Waals surface area contributed by atoms with Gasteiger partial charge >= 0.3 is 0 Å². The molecule has 0 radical (unpaired) electrons. The van der Waals surface area contributed by atoms with Crippen LogP contribution in [0.3, 0.4) is 0 Å². The van der Waals surface area contributed by atoms with Crippen molar-refractivity contribution in [3.8, 4) is 0 Å². The Bertz CT molecular complexity index is 368. The lowest BCUT2D eigenvalue weighted by Gasteiger charge is -2.24. The molecule has 0 fully saturated rings. The van der Waals surface area contributed by atoms with Gasteiger partial charge in [0.2, 0.25) is 5.91 Å². The first-order valence-electron chi connectivity index (χ1n) is 6.30. The second-order valence-electron chi connectivity index (χ2n) is 6.06. The van der Waals surface area contributed by atoms with Gasteiger partial charge in [-0.15, -0.1) is 11.3 Å². The molecule has 1 unspecified atom stereocenters. The van der Waals surface area contributed by atoms with E-state index >= 15 is 0 Å². The van der Waals surface area contributed by atoms with E-state index in [9.17, 15) is 4.79 Å². The molecule has 18 heavy (non-hydrogen) atoms. The fourth-order valence-corrected chi connectivity index (χ4v) is 2.72. The first-order valence-corrected chi connectivity index (χ1v) is 7.18. The molecule has 0 saturated heterocycles. The van der Waals surface area contributed by atoms with Crippen LogP contribution >= 0.6 is 11.3 Å². The highest BCUT2D eigenvalue weighted by atomic mass is 32.1. The van der Waals surface area contributed by atoms with Gasteiger partial charge in [0.1, 0.15) is 0 Å². The second kappa shape index (κ2) is 6.34. The van der Waals surface area contributed by atoms with Crippen molar-refractivity contribution in [3.63, 3.8) is 0 Å². The summed E-state index contributed by atoms with van der Waals surface area (Å²) in [5.41, 5.74) is 6.20. The van der Waals surface area contributed by atoms with Crippen molar-refractivity contribution in [1.29, 1.82) is 0 Å². The third-order valence-electron chi connectivity index (χ3n) is 2.71. The molecule has 2 N–H and O–H groups in total. The summed E-state index contributed by atoms with van der Waals surface area (Å²) in [5.74, 6) is 0.125. The third-order valence-corrected chi connectivity index (χ3v) is 3.57. The Kier molecular flexibility index (Phi) is 5.35. The number of thiophene rings is 1. The minimum Gasteiger partial charge on any atom is -0.341 e. The molecule has 3 nitrogen and oxygen atoms in total. The van der Waals surface area contributed by atoms with E-state index in [-0.39, 0.29) is 17.4 Å². The van der Waals surface area contributed by atoms with Crippen molar-refractivity contribution in [2.24, 2.45) is 11.1 Å². The third kappa shape index (κ3) is 5.65. The van der Waals surface area contributed by atoms with Crippen molar-refractivity contribution < 1.29 is 4.79 Å².